The molecule has 1 rings (SSSR count). The van der Waals surface area contributed by atoms with Gasteiger partial charge in [0.25, 0.3) is 0 Å². The Bertz CT molecular complexity index is 301. The summed E-state index contributed by atoms with van der Waals surface area (Å²) in [5, 5.41) is 3.42. The standard InChI is InChI=1S/C12H23N3O/c1-5-16-7-6-11-13-8-10(15-11)9-14-12(2,3)4/h8,14H,5-7,9H2,1-4H3,(H,13,15). The Kier molecular flexibility index (Phi) is 4.96. The first-order chi connectivity index (χ1) is 7.51. The molecular weight excluding hydrogens is 202 g/mol. The molecule has 4 nitrogen and oxygen atoms in total. The van der Waals surface area contributed by atoms with Crippen LogP contribution in [0.4, 0.5) is 0 Å². The first-order valence-electron chi connectivity index (χ1n) is 5.87. The minimum Gasteiger partial charge on any atom is -0.381 e. The fraction of sp³-hybridized carbons (Fsp3) is 0.750. The van der Waals surface area contributed by atoms with Gasteiger partial charge >= 0.3 is 0 Å². The Hall–Kier alpha value is -0.870. The van der Waals surface area contributed by atoms with E-state index in [4.69, 9.17) is 4.74 Å². The summed E-state index contributed by atoms with van der Waals surface area (Å²) in [5.74, 6) is 0.999. The van der Waals surface area contributed by atoms with E-state index < -0.39 is 0 Å². The highest BCUT2D eigenvalue weighted by Gasteiger charge is 2.09. The van der Waals surface area contributed by atoms with Crippen LogP contribution in [0.5, 0.6) is 0 Å². The summed E-state index contributed by atoms with van der Waals surface area (Å²) in [6, 6.07) is 0. The smallest absolute Gasteiger partial charge is 0.108 e. The molecule has 0 fully saturated rings. The van der Waals surface area contributed by atoms with Gasteiger partial charge in [-0.25, -0.2) is 4.98 Å². The molecular formula is C12H23N3O. The zero-order valence-corrected chi connectivity index (χ0v) is 10.8. The number of rotatable bonds is 6. The summed E-state index contributed by atoms with van der Waals surface area (Å²) in [6.07, 6.45) is 2.74. The number of aromatic nitrogens is 2. The maximum Gasteiger partial charge on any atom is 0.108 e. The molecule has 0 spiro atoms. The SMILES string of the molecule is CCOCCc1ncc(CNC(C)(C)C)[nH]1. The van der Waals surface area contributed by atoms with Crippen LogP contribution >= 0.6 is 0 Å². The third-order valence-electron chi connectivity index (χ3n) is 2.18. The molecule has 16 heavy (non-hydrogen) atoms. The van der Waals surface area contributed by atoms with E-state index in [0.29, 0.717) is 0 Å². The summed E-state index contributed by atoms with van der Waals surface area (Å²) < 4.78 is 5.29. The molecule has 0 aromatic carbocycles. The van der Waals surface area contributed by atoms with Gasteiger partial charge in [0.05, 0.1) is 6.61 Å². The summed E-state index contributed by atoms with van der Waals surface area (Å²) in [7, 11) is 0. The Labute approximate surface area is 97.8 Å². The van der Waals surface area contributed by atoms with Crippen molar-refractivity contribution in [3.05, 3.63) is 17.7 Å². The lowest BCUT2D eigenvalue weighted by atomic mass is 10.1. The fourth-order valence-electron chi connectivity index (χ4n) is 1.30. The Balaban J connectivity index is 2.33. The minimum absolute atomic E-state index is 0.136. The zero-order chi connectivity index (χ0) is 12.0. The molecule has 2 N–H and O–H groups in total. The van der Waals surface area contributed by atoms with Crippen molar-refractivity contribution >= 4 is 0 Å². The number of ether oxygens (including phenoxy) is 1. The van der Waals surface area contributed by atoms with Crippen LogP contribution in [-0.4, -0.2) is 28.7 Å². The molecule has 0 saturated carbocycles. The molecule has 0 saturated heterocycles. The van der Waals surface area contributed by atoms with Crippen LogP contribution in [0.2, 0.25) is 0 Å². The Morgan fingerprint density at radius 1 is 1.44 bits per heavy atom. The van der Waals surface area contributed by atoms with Crippen molar-refractivity contribution in [3.8, 4) is 0 Å². The van der Waals surface area contributed by atoms with Gasteiger partial charge in [0, 0.05) is 37.0 Å². The van der Waals surface area contributed by atoms with Crippen molar-refractivity contribution in [2.75, 3.05) is 13.2 Å². The Morgan fingerprint density at radius 2 is 2.19 bits per heavy atom. The molecule has 0 unspecified atom stereocenters. The van der Waals surface area contributed by atoms with Gasteiger partial charge < -0.3 is 15.0 Å². The highest BCUT2D eigenvalue weighted by Crippen LogP contribution is 2.03. The molecule has 1 heterocycles. The van der Waals surface area contributed by atoms with Crippen LogP contribution in [0.1, 0.15) is 39.2 Å². The second kappa shape index (κ2) is 6.01. The second-order valence-electron chi connectivity index (χ2n) is 4.91. The molecule has 4 heteroatoms. The van der Waals surface area contributed by atoms with Crippen LogP contribution in [0.25, 0.3) is 0 Å². The van der Waals surface area contributed by atoms with E-state index in [0.717, 1.165) is 37.7 Å². The molecule has 0 aliphatic rings. The van der Waals surface area contributed by atoms with Crippen LogP contribution in [0, 0.1) is 0 Å². The van der Waals surface area contributed by atoms with Crippen LogP contribution in [0.15, 0.2) is 6.20 Å². The highest BCUT2D eigenvalue weighted by molar-refractivity contribution is 5.01. The largest absolute Gasteiger partial charge is 0.381 e. The number of aromatic amines is 1. The summed E-state index contributed by atoms with van der Waals surface area (Å²) >= 11 is 0. The Morgan fingerprint density at radius 3 is 2.81 bits per heavy atom. The third kappa shape index (κ3) is 5.28. The lowest BCUT2D eigenvalue weighted by molar-refractivity contribution is 0.149. The predicted octanol–water partition coefficient (Wildman–Crippen LogP) is 1.88. The van der Waals surface area contributed by atoms with Crippen molar-refractivity contribution in [1.82, 2.24) is 15.3 Å². The number of imidazole rings is 1. The van der Waals surface area contributed by atoms with Crippen molar-refractivity contribution in [2.24, 2.45) is 0 Å². The van der Waals surface area contributed by atoms with E-state index in [9.17, 15) is 0 Å². The van der Waals surface area contributed by atoms with Gasteiger partial charge in [0.2, 0.25) is 0 Å². The molecule has 92 valence electrons. The summed E-state index contributed by atoms with van der Waals surface area (Å²) in [4.78, 5) is 7.60. The van der Waals surface area contributed by atoms with Gasteiger partial charge in [0.1, 0.15) is 5.82 Å². The summed E-state index contributed by atoms with van der Waals surface area (Å²) in [5.41, 5.74) is 1.26. The first kappa shape index (κ1) is 13.2. The minimum atomic E-state index is 0.136. The quantitative estimate of drug-likeness (QED) is 0.727. The van der Waals surface area contributed by atoms with E-state index in [1.54, 1.807) is 0 Å². The average Bonchev–Trinajstić information content (AvgIpc) is 2.62. The van der Waals surface area contributed by atoms with Gasteiger partial charge in [0.15, 0.2) is 0 Å². The van der Waals surface area contributed by atoms with Crippen molar-refractivity contribution in [3.63, 3.8) is 0 Å². The van der Waals surface area contributed by atoms with Crippen LogP contribution in [0.3, 0.4) is 0 Å². The molecule has 0 atom stereocenters. The van der Waals surface area contributed by atoms with E-state index >= 15 is 0 Å². The van der Waals surface area contributed by atoms with Gasteiger partial charge in [-0.15, -0.1) is 0 Å². The third-order valence-corrected chi connectivity index (χ3v) is 2.18. The maximum absolute atomic E-state index is 5.29. The first-order valence-corrected chi connectivity index (χ1v) is 5.87. The second-order valence-corrected chi connectivity index (χ2v) is 4.91. The molecule has 0 aliphatic heterocycles. The topological polar surface area (TPSA) is 49.9 Å². The lowest BCUT2D eigenvalue weighted by Gasteiger charge is -2.19. The van der Waals surface area contributed by atoms with Gasteiger partial charge in [-0.05, 0) is 27.7 Å². The summed E-state index contributed by atoms with van der Waals surface area (Å²) in [6.45, 7) is 10.8. The van der Waals surface area contributed by atoms with E-state index in [2.05, 4.69) is 36.1 Å². The van der Waals surface area contributed by atoms with Crippen LogP contribution < -0.4 is 5.32 Å². The lowest BCUT2D eigenvalue weighted by Crippen LogP contribution is -2.35. The van der Waals surface area contributed by atoms with E-state index in [1.807, 2.05) is 13.1 Å². The molecule has 0 radical (unpaired) electrons. The van der Waals surface area contributed by atoms with Gasteiger partial charge in [-0.3, -0.25) is 0 Å². The normalized spacial score (nSPS) is 12.0. The molecule has 0 bridgehead atoms. The highest BCUT2D eigenvalue weighted by atomic mass is 16.5. The zero-order valence-electron chi connectivity index (χ0n) is 10.8. The van der Waals surface area contributed by atoms with Crippen LogP contribution in [-0.2, 0) is 17.7 Å². The molecule has 0 aliphatic carbocycles. The number of nitrogens with one attached hydrogen (secondary N) is 2. The average molecular weight is 225 g/mol. The fourth-order valence-corrected chi connectivity index (χ4v) is 1.30. The number of hydrogen-bond acceptors (Lipinski definition) is 3. The van der Waals surface area contributed by atoms with Gasteiger partial charge in [-0.2, -0.15) is 0 Å². The predicted molar refractivity (Wildman–Crippen MR) is 65.4 cm³/mol. The molecule has 1 aromatic heterocycles. The van der Waals surface area contributed by atoms with E-state index in [1.165, 1.54) is 0 Å². The molecule has 0 amide bonds. The van der Waals surface area contributed by atoms with Crippen molar-refractivity contribution in [2.45, 2.75) is 46.2 Å². The number of nitrogens with zero attached hydrogens (tertiary/aromatic N) is 1. The van der Waals surface area contributed by atoms with Crippen molar-refractivity contribution in [1.29, 1.82) is 0 Å². The number of hydrogen-bond donors (Lipinski definition) is 2. The maximum atomic E-state index is 5.29. The van der Waals surface area contributed by atoms with Gasteiger partial charge in [-0.1, -0.05) is 0 Å². The monoisotopic (exact) mass is 225 g/mol. The number of H-pyrrole nitrogens is 1. The van der Waals surface area contributed by atoms with Crippen molar-refractivity contribution < 1.29 is 4.74 Å². The van der Waals surface area contributed by atoms with E-state index in [-0.39, 0.29) is 5.54 Å². The molecule has 1 aromatic rings.